The number of quaternary nitrogens is 1. The highest BCUT2D eigenvalue weighted by atomic mass is 32.1. The van der Waals surface area contributed by atoms with Gasteiger partial charge in [-0.2, -0.15) is 0 Å². The fraction of sp³-hybridized carbons (Fsp3) is 0.500. The van der Waals surface area contributed by atoms with Gasteiger partial charge in [-0.3, -0.25) is 0 Å². The fourth-order valence-electron chi connectivity index (χ4n) is 3.83. The molecule has 0 spiro atoms. The molecule has 1 aromatic carbocycles. The van der Waals surface area contributed by atoms with Crippen LogP contribution < -0.4 is 10.2 Å². The number of aryl methyl sites for hydroxylation is 1. The fourth-order valence-corrected chi connectivity index (χ4v) is 4.82. The van der Waals surface area contributed by atoms with Gasteiger partial charge in [-0.25, -0.2) is 0 Å². The second-order valence-corrected chi connectivity index (χ2v) is 9.27. The van der Waals surface area contributed by atoms with Crippen LogP contribution in [0.15, 0.2) is 41.8 Å². The highest BCUT2D eigenvalue weighted by molar-refractivity contribution is 7.80. The van der Waals surface area contributed by atoms with Crippen molar-refractivity contribution in [1.29, 1.82) is 0 Å². The van der Waals surface area contributed by atoms with Gasteiger partial charge in [0.2, 0.25) is 0 Å². The maximum absolute atomic E-state index is 5.76. The average Bonchev–Trinajstić information content (AvgIpc) is 3.16. The SMILES string of the molecule is Cc1ccc(NC(=S)N(CCC[NH+]2CCCC(C)C2)Cc2cccs2)cc1. The summed E-state index contributed by atoms with van der Waals surface area (Å²) in [4.78, 5) is 5.46. The van der Waals surface area contributed by atoms with Crippen LogP contribution in [0.25, 0.3) is 0 Å². The first kappa shape index (κ1) is 20.3. The molecule has 2 N–H and O–H groups in total. The summed E-state index contributed by atoms with van der Waals surface area (Å²) in [6, 6.07) is 12.8. The molecule has 3 rings (SSSR count). The van der Waals surface area contributed by atoms with Crippen molar-refractivity contribution in [1.82, 2.24) is 4.90 Å². The molecule has 1 aliphatic rings. The van der Waals surface area contributed by atoms with Crippen molar-refractivity contribution in [3.05, 3.63) is 52.2 Å². The van der Waals surface area contributed by atoms with E-state index in [1.54, 1.807) is 16.2 Å². The predicted octanol–water partition coefficient (Wildman–Crippen LogP) is 3.96. The summed E-state index contributed by atoms with van der Waals surface area (Å²) in [7, 11) is 0. The molecule has 146 valence electrons. The van der Waals surface area contributed by atoms with E-state index in [9.17, 15) is 0 Å². The number of hydrogen-bond acceptors (Lipinski definition) is 2. The minimum absolute atomic E-state index is 0.828. The van der Waals surface area contributed by atoms with Crippen LogP contribution in [0.1, 0.15) is 36.6 Å². The standard InChI is InChI=1S/C22H31N3S2/c1-18-8-10-20(11-9-18)23-22(26)25(17-21-7-4-15-27-21)14-5-13-24-12-3-6-19(2)16-24/h4,7-11,15,19H,3,5-6,12-14,16-17H2,1-2H3,(H,23,26)/p+1. The number of rotatable bonds is 7. The van der Waals surface area contributed by atoms with E-state index in [4.69, 9.17) is 12.2 Å². The van der Waals surface area contributed by atoms with Crippen molar-refractivity contribution < 1.29 is 4.90 Å². The maximum Gasteiger partial charge on any atom is 0.173 e. The summed E-state index contributed by atoms with van der Waals surface area (Å²) >= 11 is 7.57. The number of thiophene rings is 1. The van der Waals surface area contributed by atoms with Gasteiger partial charge in [-0.1, -0.05) is 30.7 Å². The van der Waals surface area contributed by atoms with Gasteiger partial charge >= 0.3 is 0 Å². The molecule has 0 radical (unpaired) electrons. The van der Waals surface area contributed by atoms with Crippen molar-refractivity contribution in [3.63, 3.8) is 0 Å². The Morgan fingerprint density at radius 3 is 2.81 bits per heavy atom. The molecule has 1 aromatic heterocycles. The first-order valence-corrected chi connectivity index (χ1v) is 11.4. The quantitative estimate of drug-likeness (QED) is 0.684. The van der Waals surface area contributed by atoms with E-state index in [1.165, 1.54) is 49.3 Å². The number of thiocarbonyl (C=S) groups is 1. The number of anilines is 1. The lowest BCUT2D eigenvalue weighted by molar-refractivity contribution is -0.908. The molecule has 2 unspecified atom stereocenters. The minimum Gasteiger partial charge on any atom is -0.344 e. The normalized spacial score (nSPS) is 19.6. The lowest BCUT2D eigenvalue weighted by Crippen LogP contribution is -3.13. The van der Waals surface area contributed by atoms with Crippen molar-refractivity contribution >= 4 is 34.4 Å². The summed E-state index contributed by atoms with van der Waals surface area (Å²) in [5.74, 6) is 0.875. The van der Waals surface area contributed by atoms with Crippen LogP contribution in [0.3, 0.4) is 0 Å². The van der Waals surface area contributed by atoms with Gasteiger partial charge in [0.05, 0.1) is 26.2 Å². The van der Waals surface area contributed by atoms with E-state index >= 15 is 0 Å². The molecule has 2 heterocycles. The number of nitrogens with one attached hydrogen (secondary N) is 2. The number of likely N-dealkylation sites (tertiary alicyclic amines) is 1. The third-order valence-corrected chi connectivity index (χ3v) is 6.56. The Balaban J connectivity index is 1.56. The monoisotopic (exact) mass is 402 g/mol. The van der Waals surface area contributed by atoms with Gasteiger partial charge in [-0.15, -0.1) is 11.3 Å². The zero-order valence-corrected chi connectivity index (χ0v) is 18.2. The Bertz CT molecular complexity index is 697. The summed E-state index contributed by atoms with van der Waals surface area (Å²) in [5.41, 5.74) is 2.33. The van der Waals surface area contributed by atoms with E-state index < -0.39 is 0 Å². The van der Waals surface area contributed by atoms with E-state index in [2.05, 4.69) is 65.8 Å². The summed E-state index contributed by atoms with van der Waals surface area (Å²) in [5, 5.41) is 6.40. The molecule has 27 heavy (non-hydrogen) atoms. The average molecular weight is 403 g/mol. The van der Waals surface area contributed by atoms with E-state index in [-0.39, 0.29) is 0 Å². The predicted molar refractivity (Wildman–Crippen MR) is 121 cm³/mol. The van der Waals surface area contributed by atoms with Crippen molar-refractivity contribution in [2.75, 3.05) is 31.5 Å². The molecular formula is C22H32N3S2+. The lowest BCUT2D eigenvalue weighted by Gasteiger charge is -2.30. The molecule has 1 saturated heterocycles. The molecule has 2 aromatic rings. The number of piperidine rings is 1. The van der Waals surface area contributed by atoms with Crippen molar-refractivity contribution in [3.8, 4) is 0 Å². The highest BCUT2D eigenvalue weighted by Gasteiger charge is 2.20. The van der Waals surface area contributed by atoms with E-state index in [0.717, 1.165) is 29.8 Å². The van der Waals surface area contributed by atoms with Gasteiger partial charge in [0.25, 0.3) is 0 Å². The second-order valence-electron chi connectivity index (χ2n) is 7.85. The Kier molecular flexibility index (Phi) is 7.68. The molecule has 0 bridgehead atoms. The molecule has 0 aliphatic carbocycles. The van der Waals surface area contributed by atoms with Crippen LogP contribution in [0.2, 0.25) is 0 Å². The third kappa shape index (κ3) is 6.59. The molecule has 3 nitrogen and oxygen atoms in total. The van der Waals surface area contributed by atoms with Crippen LogP contribution in [0.5, 0.6) is 0 Å². The van der Waals surface area contributed by atoms with Gasteiger partial charge in [0.1, 0.15) is 0 Å². The molecule has 0 amide bonds. The number of hydrogen-bond donors (Lipinski definition) is 2. The molecule has 2 atom stereocenters. The summed E-state index contributed by atoms with van der Waals surface area (Å²) in [6.45, 7) is 10.3. The van der Waals surface area contributed by atoms with Crippen molar-refractivity contribution in [2.45, 2.75) is 39.7 Å². The van der Waals surface area contributed by atoms with Gasteiger partial charge in [0.15, 0.2) is 5.11 Å². The van der Waals surface area contributed by atoms with E-state index in [0.29, 0.717) is 0 Å². The molecule has 1 aliphatic heterocycles. The number of benzene rings is 1. The second kappa shape index (κ2) is 10.2. The highest BCUT2D eigenvalue weighted by Crippen LogP contribution is 2.15. The zero-order valence-electron chi connectivity index (χ0n) is 16.5. The number of nitrogens with zero attached hydrogens (tertiary/aromatic N) is 1. The third-order valence-electron chi connectivity index (χ3n) is 5.34. The van der Waals surface area contributed by atoms with E-state index in [1.807, 2.05) is 0 Å². The topological polar surface area (TPSA) is 19.7 Å². The van der Waals surface area contributed by atoms with Gasteiger partial charge < -0.3 is 15.1 Å². The Morgan fingerprint density at radius 2 is 2.11 bits per heavy atom. The van der Waals surface area contributed by atoms with Crippen LogP contribution in [0, 0.1) is 12.8 Å². The Hall–Kier alpha value is -1.43. The van der Waals surface area contributed by atoms with Crippen LogP contribution >= 0.6 is 23.6 Å². The maximum atomic E-state index is 5.76. The van der Waals surface area contributed by atoms with Gasteiger partial charge in [-0.05, 0) is 55.6 Å². The summed E-state index contributed by atoms with van der Waals surface area (Å²) < 4.78 is 0. The lowest BCUT2D eigenvalue weighted by atomic mass is 10.0. The smallest absolute Gasteiger partial charge is 0.173 e. The summed E-state index contributed by atoms with van der Waals surface area (Å²) in [6.07, 6.45) is 3.96. The molecule has 0 saturated carbocycles. The Labute approximate surface area is 173 Å². The van der Waals surface area contributed by atoms with Crippen LogP contribution in [-0.4, -0.2) is 36.2 Å². The zero-order chi connectivity index (χ0) is 19.1. The van der Waals surface area contributed by atoms with Crippen LogP contribution in [0.4, 0.5) is 5.69 Å². The van der Waals surface area contributed by atoms with Crippen molar-refractivity contribution in [2.24, 2.45) is 5.92 Å². The van der Waals surface area contributed by atoms with Crippen LogP contribution in [-0.2, 0) is 6.54 Å². The molecular weight excluding hydrogens is 370 g/mol. The largest absolute Gasteiger partial charge is 0.344 e. The Morgan fingerprint density at radius 1 is 1.30 bits per heavy atom. The first-order chi connectivity index (χ1) is 13.1. The molecule has 5 heteroatoms. The first-order valence-electron chi connectivity index (χ1n) is 10.1. The van der Waals surface area contributed by atoms with Gasteiger partial charge in [0, 0.05) is 29.4 Å². The molecule has 1 fully saturated rings. The minimum atomic E-state index is 0.828.